The Bertz CT molecular complexity index is 595. The lowest BCUT2D eigenvalue weighted by Gasteiger charge is -2.34. The summed E-state index contributed by atoms with van der Waals surface area (Å²) in [6.07, 6.45) is 1.75. The van der Waals surface area contributed by atoms with Crippen LogP contribution in [0.2, 0.25) is 0 Å². The van der Waals surface area contributed by atoms with E-state index in [4.69, 9.17) is 0 Å². The summed E-state index contributed by atoms with van der Waals surface area (Å²) in [4.78, 5) is 11.4. The fraction of sp³-hybridized carbons (Fsp3) is 0.438. The van der Waals surface area contributed by atoms with Crippen molar-refractivity contribution in [3.05, 3.63) is 36.5 Å². The van der Waals surface area contributed by atoms with Crippen LogP contribution < -0.4 is 9.80 Å². The number of piperazine rings is 1. The van der Waals surface area contributed by atoms with E-state index in [9.17, 15) is 0 Å². The van der Waals surface area contributed by atoms with Crippen LogP contribution in [0.3, 0.4) is 0 Å². The minimum Gasteiger partial charge on any atom is -0.353 e. The van der Waals surface area contributed by atoms with Crippen LogP contribution in [0.25, 0.3) is 0 Å². The van der Waals surface area contributed by atoms with Crippen molar-refractivity contribution in [1.29, 1.82) is 0 Å². The Balaban J connectivity index is 1.76. The summed E-state index contributed by atoms with van der Waals surface area (Å²) in [7, 11) is 1.96. The van der Waals surface area contributed by atoms with Crippen molar-refractivity contribution in [2.24, 2.45) is 0 Å². The fourth-order valence-electron chi connectivity index (χ4n) is 2.64. The highest BCUT2D eigenvalue weighted by Gasteiger charge is 2.18. The molecular weight excluding hydrogens is 276 g/mol. The van der Waals surface area contributed by atoms with Crippen molar-refractivity contribution >= 4 is 17.5 Å². The van der Waals surface area contributed by atoms with Gasteiger partial charge in [-0.15, -0.1) is 5.10 Å². The highest BCUT2D eigenvalue weighted by atomic mass is 15.4. The van der Waals surface area contributed by atoms with E-state index in [2.05, 4.69) is 31.9 Å². The molecule has 0 atom stereocenters. The molecule has 1 fully saturated rings. The summed E-state index contributed by atoms with van der Waals surface area (Å²) in [5, 5.41) is 8.31. The molecule has 0 radical (unpaired) electrons. The van der Waals surface area contributed by atoms with Gasteiger partial charge in [0, 0.05) is 38.9 Å². The Morgan fingerprint density at radius 3 is 2.50 bits per heavy atom. The maximum Gasteiger partial charge on any atom is 0.251 e. The number of rotatable bonds is 4. The molecule has 0 N–H and O–H groups in total. The highest BCUT2D eigenvalue weighted by molar-refractivity contribution is 5.56. The van der Waals surface area contributed by atoms with Crippen molar-refractivity contribution in [3.63, 3.8) is 0 Å². The van der Waals surface area contributed by atoms with Gasteiger partial charge in [0.2, 0.25) is 0 Å². The first-order valence-corrected chi connectivity index (χ1v) is 7.73. The minimum atomic E-state index is 0.627. The first kappa shape index (κ1) is 14.7. The highest BCUT2D eigenvalue weighted by Crippen LogP contribution is 2.21. The molecule has 0 saturated carbocycles. The van der Waals surface area contributed by atoms with E-state index < -0.39 is 0 Å². The second-order valence-corrected chi connectivity index (χ2v) is 5.43. The third-order valence-electron chi connectivity index (χ3n) is 4.12. The van der Waals surface area contributed by atoms with E-state index in [1.54, 1.807) is 6.20 Å². The smallest absolute Gasteiger partial charge is 0.251 e. The summed E-state index contributed by atoms with van der Waals surface area (Å²) in [6.45, 7) is 7.43. The first-order valence-electron chi connectivity index (χ1n) is 7.73. The van der Waals surface area contributed by atoms with Crippen LogP contribution in [0.15, 0.2) is 36.5 Å². The Morgan fingerprint density at radius 1 is 1.09 bits per heavy atom. The lowest BCUT2D eigenvalue weighted by Crippen LogP contribution is -2.46. The van der Waals surface area contributed by atoms with Gasteiger partial charge < -0.3 is 14.7 Å². The summed E-state index contributed by atoms with van der Waals surface area (Å²) in [5.74, 6) is 1.53. The summed E-state index contributed by atoms with van der Waals surface area (Å²) in [5.41, 5.74) is 1.05. The molecule has 1 aliphatic rings. The first-order chi connectivity index (χ1) is 10.8. The van der Waals surface area contributed by atoms with E-state index in [1.807, 2.05) is 42.3 Å². The van der Waals surface area contributed by atoms with Gasteiger partial charge in [0.1, 0.15) is 0 Å². The van der Waals surface area contributed by atoms with Crippen molar-refractivity contribution < 1.29 is 0 Å². The van der Waals surface area contributed by atoms with Gasteiger partial charge in [-0.2, -0.15) is 10.1 Å². The molecule has 3 rings (SSSR count). The molecule has 6 nitrogen and oxygen atoms in total. The fourth-order valence-corrected chi connectivity index (χ4v) is 2.64. The van der Waals surface area contributed by atoms with Crippen LogP contribution in [-0.2, 0) is 0 Å². The Morgan fingerprint density at radius 2 is 1.82 bits per heavy atom. The van der Waals surface area contributed by atoms with E-state index >= 15 is 0 Å². The van der Waals surface area contributed by atoms with Crippen molar-refractivity contribution in [2.45, 2.75) is 6.92 Å². The van der Waals surface area contributed by atoms with Crippen LogP contribution >= 0.6 is 0 Å². The Kier molecular flexibility index (Phi) is 4.48. The zero-order chi connectivity index (χ0) is 15.4. The number of anilines is 3. The molecule has 1 aromatic heterocycles. The summed E-state index contributed by atoms with van der Waals surface area (Å²) < 4.78 is 0. The molecule has 0 aliphatic carbocycles. The van der Waals surface area contributed by atoms with E-state index in [1.165, 1.54) is 0 Å². The van der Waals surface area contributed by atoms with Crippen LogP contribution in [0.4, 0.5) is 17.5 Å². The predicted octanol–water partition coefficient (Wildman–Crippen LogP) is 1.78. The quantitative estimate of drug-likeness (QED) is 0.857. The van der Waals surface area contributed by atoms with Crippen molar-refractivity contribution in [1.82, 2.24) is 20.1 Å². The molecule has 1 saturated heterocycles. The molecule has 1 aliphatic heterocycles. The Labute approximate surface area is 131 Å². The van der Waals surface area contributed by atoms with Gasteiger partial charge in [-0.1, -0.05) is 25.1 Å². The standard InChI is InChI=1S/C16H22N6/c1-3-21-9-11-22(12-10-21)15-13-17-19-16(18-15)20(2)14-7-5-4-6-8-14/h4-8,13H,3,9-12H2,1-2H3. The minimum absolute atomic E-state index is 0.627. The molecule has 2 aromatic rings. The molecule has 116 valence electrons. The average molecular weight is 298 g/mol. The molecule has 0 bridgehead atoms. The van der Waals surface area contributed by atoms with Gasteiger partial charge in [-0.3, -0.25) is 0 Å². The van der Waals surface area contributed by atoms with Crippen LogP contribution in [-0.4, -0.2) is 59.9 Å². The predicted molar refractivity (Wildman–Crippen MR) is 88.7 cm³/mol. The van der Waals surface area contributed by atoms with Gasteiger partial charge in [0.05, 0.1) is 6.20 Å². The third kappa shape index (κ3) is 3.17. The van der Waals surface area contributed by atoms with E-state index in [0.717, 1.165) is 44.2 Å². The zero-order valence-corrected chi connectivity index (χ0v) is 13.2. The molecule has 22 heavy (non-hydrogen) atoms. The average Bonchev–Trinajstić information content (AvgIpc) is 2.62. The number of aromatic nitrogens is 3. The number of hydrogen-bond donors (Lipinski definition) is 0. The number of likely N-dealkylation sites (N-methyl/N-ethyl adjacent to an activating group) is 1. The summed E-state index contributed by atoms with van der Waals surface area (Å²) >= 11 is 0. The van der Waals surface area contributed by atoms with E-state index in [0.29, 0.717) is 5.95 Å². The summed E-state index contributed by atoms with van der Waals surface area (Å²) in [6, 6.07) is 10.1. The Hall–Kier alpha value is -2.21. The molecule has 0 unspecified atom stereocenters. The number of benzene rings is 1. The SMILES string of the molecule is CCN1CCN(c2cnnc(N(C)c3ccccc3)n2)CC1. The second kappa shape index (κ2) is 6.70. The number of para-hydroxylation sites is 1. The molecular formula is C16H22N6. The van der Waals surface area contributed by atoms with E-state index in [-0.39, 0.29) is 0 Å². The zero-order valence-electron chi connectivity index (χ0n) is 13.2. The topological polar surface area (TPSA) is 48.4 Å². The lowest BCUT2D eigenvalue weighted by molar-refractivity contribution is 0.270. The van der Waals surface area contributed by atoms with Gasteiger partial charge in [0.15, 0.2) is 5.82 Å². The van der Waals surface area contributed by atoms with Gasteiger partial charge in [-0.05, 0) is 18.7 Å². The third-order valence-corrected chi connectivity index (χ3v) is 4.12. The van der Waals surface area contributed by atoms with Gasteiger partial charge >= 0.3 is 0 Å². The monoisotopic (exact) mass is 298 g/mol. The number of hydrogen-bond acceptors (Lipinski definition) is 6. The van der Waals surface area contributed by atoms with Crippen LogP contribution in [0.5, 0.6) is 0 Å². The molecule has 0 spiro atoms. The van der Waals surface area contributed by atoms with Crippen LogP contribution in [0, 0.1) is 0 Å². The molecule has 0 amide bonds. The van der Waals surface area contributed by atoms with Crippen molar-refractivity contribution in [3.8, 4) is 0 Å². The van der Waals surface area contributed by atoms with Gasteiger partial charge in [-0.25, -0.2) is 0 Å². The molecule has 2 heterocycles. The lowest BCUT2D eigenvalue weighted by atomic mass is 10.3. The number of nitrogens with zero attached hydrogens (tertiary/aromatic N) is 6. The maximum absolute atomic E-state index is 4.68. The normalized spacial score (nSPS) is 15.8. The second-order valence-electron chi connectivity index (χ2n) is 5.43. The van der Waals surface area contributed by atoms with Crippen LogP contribution in [0.1, 0.15) is 6.92 Å². The maximum atomic E-state index is 4.68. The van der Waals surface area contributed by atoms with Gasteiger partial charge in [0.25, 0.3) is 5.95 Å². The largest absolute Gasteiger partial charge is 0.353 e. The molecule has 6 heteroatoms. The van der Waals surface area contributed by atoms with Crippen molar-refractivity contribution in [2.75, 3.05) is 49.6 Å². The molecule has 1 aromatic carbocycles.